The zero-order valence-corrected chi connectivity index (χ0v) is 8.79. The third kappa shape index (κ3) is 4.46. The van der Waals surface area contributed by atoms with Gasteiger partial charge in [-0.15, -0.1) is 0 Å². The Bertz CT molecular complexity index is 309. The number of carbonyl (C=O) groups is 1. The highest BCUT2D eigenvalue weighted by molar-refractivity contribution is 5.77. The number of phenolic OH excluding ortho intramolecular Hbond substituents is 1. The van der Waals surface area contributed by atoms with Crippen molar-refractivity contribution in [1.29, 1.82) is 0 Å². The lowest BCUT2D eigenvalue weighted by Gasteiger charge is -2.05. The van der Waals surface area contributed by atoms with E-state index in [1.165, 1.54) is 0 Å². The first-order valence-corrected chi connectivity index (χ1v) is 4.97. The molecule has 4 nitrogen and oxygen atoms in total. The van der Waals surface area contributed by atoms with Gasteiger partial charge in [-0.05, 0) is 24.6 Å². The molecule has 1 amide bonds. The molecule has 0 unspecified atom stereocenters. The highest BCUT2D eigenvalue weighted by Gasteiger charge is 1.98. The van der Waals surface area contributed by atoms with Gasteiger partial charge < -0.3 is 15.7 Å². The van der Waals surface area contributed by atoms with Crippen molar-refractivity contribution in [2.24, 2.45) is 0 Å². The number of hydrogen-bond acceptors (Lipinski definition) is 3. The van der Waals surface area contributed by atoms with Crippen molar-refractivity contribution in [3.8, 4) is 5.75 Å². The first kappa shape index (κ1) is 11.5. The van der Waals surface area contributed by atoms with Crippen molar-refractivity contribution in [3.05, 3.63) is 29.8 Å². The molecular weight excluding hydrogens is 192 g/mol. The Hall–Kier alpha value is -1.55. The summed E-state index contributed by atoms with van der Waals surface area (Å²) in [5.74, 6) is 0.249. The molecule has 0 bridgehead atoms. The fourth-order valence-corrected chi connectivity index (χ4v) is 1.19. The van der Waals surface area contributed by atoms with E-state index >= 15 is 0 Å². The van der Waals surface area contributed by atoms with Crippen LogP contribution in [0.2, 0.25) is 0 Å². The van der Waals surface area contributed by atoms with Gasteiger partial charge in [0, 0.05) is 13.1 Å². The second-order valence-corrected chi connectivity index (χ2v) is 3.22. The summed E-state index contributed by atoms with van der Waals surface area (Å²) in [6.07, 6.45) is 0. The Morgan fingerprint density at radius 1 is 1.33 bits per heavy atom. The van der Waals surface area contributed by atoms with E-state index in [-0.39, 0.29) is 11.7 Å². The number of amides is 1. The normalized spacial score (nSPS) is 9.93. The van der Waals surface area contributed by atoms with Crippen LogP contribution in [0.3, 0.4) is 0 Å². The summed E-state index contributed by atoms with van der Waals surface area (Å²) >= 11 is 0. The molecule has 0 radical (unpaired) electrons. The van der Waals surface area contributed by atoms with Crippen molar-refractivity contribution >= 4 is 5.91 Å². The molecule has 0 aliphatic heterocycles. The van der Waals surface area contributed by atoms with E-state index in [9.17, 15) is 4.79 Å². The molecule has 0 heterocycles. The largest absolute Gasteiger partial charge is 0.508 e. The average molecular weight is 208 g/mol. The van der Waals surface area contributed by atoms with Gasteiger partial charge >= 0.3 is 0 Å². The highest BCUT2D eigenvalue weighted by Crippen LogP contribution is 2.08. The van der Waals surface area contributed by atoms with Gasteiger partial charge in [-0.2, -0.15) is 0 Å². The van der Waals surface area contributed by atoms with Crippen LogP contribution in [0.4, 0.5) is 0 Å². The van der Waals surface area contributed by atoms with Gasteiger partial charge in [0.15, 0.2) is 0 Å². The molecule has 0 aliphatic carbocycles. The molecule has 3 N–H and O–H groups in total. The Labute approximate surface area is 89.3 Å². The Kier molecular flexibility index (Phi) is 4.63. The maximum atomic E-state index is 11.1. The van der Waals surface area contributed by atoms with Crippen molar-refractivity contribution in [2.75, 3.05) is 13.1 Å². The minimum absolute atomic E-state index is 0.00345. The summed E-state index contributed by atoms with van der Waals surface area (Å²) in [6.45, 7) is 3.48. The quantitative estimate of drug-likeness (QED) is 0.664. The summed E-state index contributed by atoms with van der Waals surface area (Å²) in [4.78, 5) is 11.1. The Morgan fingerprint density at radius 3 is 2.60 bits per heavy atom. The van der Waals surface area contributed by atoms with Crippen LogP contribution in [0.5, 0.6) is 5.75 Å². The summed E-state index contributed by atoms with van der Waals surface area (Å²) < 4.78 is 0. The van der Waals surface area contributed by atoms with Crippen molar-refractivity contribution in [3.63, 3.8) is 0 Å². The summed E-state index contributed by atoms with van der Waals surface area (Å²) in [6, 6.07) is 6.90. The number of likely N-dealkylation sites (N-methyl/N-ethyl adjacent to an activating group) is 1. The van der Waals surface area contributed by atoms with E-state index in [0.29, 0.717) is 19.6 Å². The van der Waals surface area contributed by atoms with E-state index in [2.05, 4.69) is 10.6 Å². The van der Waals surface area contributed by atoms with E-state index in [1.54, 1.807) is 12.1 Å². The smallest absolute Gasteiger partial charge is 0.233 e. The minimum atomic E-state index is -0.00345. The van der Waals surface area contributed by atoms with Crippen molar-refractivity contribution in [2.45, 2.75) is 13.5 Å². The Balaban J connectivity index is 2.26. The van der Waals surface area contributed by atoms with Crippen molar-refractivity contribution < 1.29 is 9.90 Å². The molecule has 0 atom stereocenters. The molecule has 4 heteroatoms. The first-order chi connectivity index (χ1) is 7.22. The zero-order valence-electron chi connectivity index (χ0n) is 8.79. The van der Waals surface area contributed by atoms with Crippen LogP contribution < -0.4 is 10.6 Å². The predicted molar refractivity (Wildman–Crippen MR) is 58.5 cm³/mol. The van der Waals surface area contributed by atoms with E-state index in [0.717, 1.165) is 5.56 Å². The molecule has 1 aromatic carbocycles. The molecule has 82 valence electrons. The molecule has 15 heavy (non-hydrogen) atoms. The maximum absolute atomic E-state index is 11.1. The van der Waals surface area contributed by atoms with Crippen LogP contribution in [0, 0.1) is 0 Å². The van der Waals surface area contributed by atoms with Crippen LogP contribution in [-0.4, -0.2) is 24.1 Å². The predicted octanol–water partition coefficient (Wildman–Crippen LogP) is 0.618. The summed E-state index contributed by atoms with van der Waals surface area (Å²) in [5, 5.41) is 14.8. The van der Waals surface area contributed by atoms with Gasteiger partial charge in [-0.3, -0.25) is 4.79 Å². The fraction of sp³-hybridized carbons (Fsp3) is 0.364. The average Bonchev–Trinajstić information content (AvgIpc) is 2.21. The number of carbonyl (C=O) groups excluding carboxylic acids is 1. The van der Waals surface area contributed by atoms with Crippen LogP contribution in [0.25, 0.3) is 0 Å². The number of hydrogen-bond donors (Lipinski definition) is 3. The van der Waals surface area contributed by atoms with E-state index in [1.807, 2.05) is 19.1 Å². The number of nitrogens with one attached hydrogen (secondary N) is 2. The maximum Gasteiger partial charge on any atom is 0.233 e. The lowest BCUT2D eigenvalue weighted by molar-refractivity contribution is -0.120. The van der Waals surface area contributed by atoms with Gasteiger partial charge in [-0.1, -0.05) is 12.1 Å². The topological polar surface area (TPSA) is 61.4 Å². The van der Waals surface area contributed by atoms with Gasteiger partial charge in [0.2, 0.25) is 5.91 Å². The van der Waals surface area contributed by atoms with Crippen LogP contribution in [0.1, 0.15) is 12.5 Å². The molecule has 0 aromatic heterocycles. The molecule has 0 fully saturated rings. The van der Waals surface area contributed by atoms with Gasteiger partial charge in [0.05, 0.1) is 6.54 Å². The monoisotopic (exact) mass is 208 g/mol. The highest BCUT2D eigenvalue weighted by atomic mass is 16.3. The second-order valence-electron chi connectivity index (χ2n) is 3.22. The molecule has 1 aromatic rings. The fourth-order valence-electron chi connectivity index (χ4n) is 1.19. The van der Waals surface area contributed by atoms with Gasteiger partial charge in [0.25, 0.3) is 0 Å². The van der Waals surface area contributed by atoms with E-state index < -0.39 is 0 Å². The standard InChI is InChI=1S/C11H16N2O2/c1-2-13-11(15)8-12-7-9-3-5-10(14)6-4-9/h3-6,12,14H,2,7-8H2,1H3,(H,13,15). The summed E-state index contributed by atoms with van der Waals surface area (Å²) in [5.41, 5.74) is 1.04. The lowest BCUT2D eigenvalue weighted by atomic mass is 10.2. The molecule has 0 saturated heterocycles. The van der Waals surface area contributed by atoms with E-state index in [4.69, 9.17) is 5.11 Å². The van der Waals surface area contributed by atoms with Crippen LogP contribution >= 0.6 is 0 Å². The molecule has 0 aliphatic rings. The first-order valence-electron chi connectivity index (χ1n) is 4.97. The SMILES string of the molecule is CCNC(=O)CNCc1ccc(O)cc1. The number of rotatable bonds is 5. The van der Waals surface area contributed by atoms with Gasteiger partial charge in [-0.25, -0.2) is 0 Å². The minimum Gasteiger partial charge on any atom is -0.508 e. The molecular formula is C11H16N2O2. The molecule has 0 saturated carbocycles. The number of phenols is 1. The zero-order chi connectivity index (χ0) is 11.1. The summed E-state index contributed by atoms with van der Waals surface area (Å²) in [7, 11) is 0. The number of benzene rings is 1. The Morgan fingerprint density at radius 2 is 2.00 bits per heavy atom. The third-order valence-electron chi connectivity index (χ3n) is 1.92. The van der Waals surface area contributed by atoms with Crippen LogP contribution in [-0.2, 0) is 11.3 Å². The lowest BCUT2D eigenvalue weighted by Crippen LogP contribution is -2.33. The second kappa shape index (κ2) is 6.03. The number of aromatic hydroxyl groups is 1. The van der Waals surface area contributed by atoms with Gasteiger partial charge in [0.1, 0.15) is 5.75 Å². The van der Waals surface area contributed by atoms with Crippen LogP contribution in [0.15, 0.2) is 24.3 Å². The van der Waals surface area contributed by atoms with Crippen molar-refractivity contribution in [1.82, 2.24) is 10.6 Å². The third-order valence-corrected chi connectivity index (χ3v) is 1.92. The molecule has 1 rings (SSSR count). The molecule has 0 spiro atoms.